The first kappa shape index (κ1) is 17.1. The minimum absolute atomic E-state index is 0.00808. The molecule has 2 heterocycles. The number of carbonyl (C=O) groups excluding carboxylic acids is 1. The number of aromatic amines is 1. The molecule has 1 aromatic carbocycles. The number of rotatable bonds is 6. The fourth-order valence-electron chi connectivity index (χ4n) is 3.06. The smallest absolute Gasteiger partial charge is 0.224 e. The molecule has 6 heteroatoms. The molecule has 132 valence electrons. The molecular formula is C19H24N4O2. The molecule has 0 aliphatic carbocycles. The number of aryl methyl sites for hydroxylation is 1. The molecule has 1 amide bonds. The quantitative estimate of drug-likeness (QED) is 0.725. The molecule has 2 N–H and O–H groups in total. The Balaban J connectivity index is 1.77. The number of H-pyrrole nitrogens is 1. The zero-order chi connectivity index (χ0) is 18.0. The summed E-state index contributed by atoms with van der Waals surface area (Å²) in [6, 6.07) is 5.76. The average molecular weight is 340 g/mol. The van der Waals surface area contributed by atoms with Gasteiger partial charge in [-0.3, -0.25) is 9.48 Å². The lowest BCUT2D eigenvalue weighted by atomic mass is 9.98. The van der Waals surface area contributed by atoms with Gasteiger partial charge in [0, 0.05) is 35.9 Å². The van der Waals surface area contributed by atoms with Crippen LogP contribution in [-0.4, -0.2) is 27.8 Å². The Morgan fingerprint density at radius 2 is 2.20 bits per heavy atom. The molecule has 0 fully saturated rings. The number of nitrogens with zero attached hydrogens (tertiary/aromatic N) is 2. The van der Waals surface area contributed by atoms with Crippen molar-refractivity contribution >= 4 is 16.8 Å². The molecule has 6 nitrogen and oxygen atoms in total. The van der Waals surface area contributed by atoms with Crippen molar-refractivity contribution < 1.29 is 9.53 Å². The van der Waals surface area contributed by atoms with E-state index in [0.717, 1.165) is 27.8 Å². The van der Waals surface area contributed by atoms with Crippen molar-refractivity contribution in [3.05, 3.63) is 47.9 Å². The van der Waals surface area contributed by atoms with E-state index in [1.54, 1.807) is 11.8 Å². The first-order valence-electron chi connectivity index (χ1n) is 8.40. The van der Waals surface area contributed by atoms with Gasteiger partial charge in [0.25, 0.3) is 0 Å². The van der Waals surface area contributed by atoms with Crippen molar-refractivity contribution in [1.82, 2.24) is 20.1 Å². The van der Waals surface area contributed by atoms with Gasteiger partial charge in [-0.25, -0.2) is 0 Å². The van der Waals surface area contributed by atoms with E-state index in [2.05, 4.69) is 29.2 Å². The largest absolute Gasteiger partial charge is 0.497 e. The molecular weight excluding hydrogens is 316 g/mol. The Morgan fingerprint density at radius 3 is 2.84 bits per heavy atom. The summed E-state index contributed by atoms with van der Waals surface area (Å²) in [6.45, 7) is 4.18. The third-order valence-electron chi connectivity index (χ3n) is 4.39. The molecule has 1 unspecified atom stereocenters. The van der Waals surface area contributed by atoms with Crippen LogP contribution in [0.1, 0.15) is 31.0 Å². The van der Waals surface area contributed by atoms with Crippen LogP contribution in [0.25, 0.3) is 10.9 Å². The second-order valence-electron chi connectivity index (χ2n) is 6.64. The maximum atomic E-state index is 12.6. The fourth-order valence-corrected chi connectivity index (χ4v) is 3.06. The van der Waals surface area contributed by atoms with Crippen molar-refractivity contribution in [2.75, 3.05) is 7.11 Å². The van der Waals surface area contributed by atoms with Crippen LogP contribution in [0.5, 0.6) is 5.75 Å². The van der Waals surface area contributed by atoms with Crippen LogP contribution in [0.15, 0.2) is 36.8 Å². The van der Waals surface area contributed by atoms with Crippen molar-refractivity contribution in [3.8, 4) is 5.75 Å². The topological polar surface area (TPSA) is 71.9 Å². The molecule has 0 aliphatic heterocycles. The van der Waals surface area contributed by atoms with Gasteiger partial charge >= 0.3 is 0 Å². The van der Waals surface area contributed by atoms with E-state index in [-0.39, 0.29) is 17.9 Å². The summed E-state index contributed by atoms with van der Waals surface area (Å²) in [5.74, 6) is 1.05. The highest BCUT2D eigenvalue weighted by Crippen LogP contribution is 2.25. The van der Waals surface area contributed by atoms with E-state index in [1.165, 1.54) is 0 Å². The monoisotopic (exact) mass is 340 g/mol. The van der Waals surface area contributed by atoms with E-state index in [9.17, 15) is 4.79 Å². The van der Waals surface area contributed by atoms with E-state index < -0.39 is 0 Å². The van der Waals surface area contributed by atoms with Crippen molar-refractivity contribution in [2.24, 2.45) is 13.0 Å². The highest BCUT2D eigenvalue weighted by Gasteiger charge is 2.20. The summed E-state index contributed by atoms with van der Waals surface area (Å²) in [6.07, 6.45) is 5.96. The van der Waals surface area contributed by atoms with Crippen LogP contribution in [0, 0.1) is 5.92 Å². The first-order valence-corrected chi connectivity index (χ1v) is 8.40. The van der Waals surface area contributed by atoms with Crippen molar-refractivity contribution in [1.29, 1.82) is 0 Å². The highest BCUT2D eigenvalue weighted by atomic mass is 16.5. The van der Waals surface area contributed by atoms with Crippen molar-refractivity contribution in [2.45, 2.75) is 26.3 Å². The predicted octanol–water partition coefficient (Wildman–Crippen LogP) is 2.97. The normalized spacial score (nSPS) is 12.5. The number of ether oxygens (including phenoxy) is 1. The van der Waals surface area contributed by atoms with Gasteiger partial charge in [0.1, 0.15) is 5.75 Å². The lowest BCUT2D eigenvalue weighted by Crippen LogP contribution is -2.32. The molecule has 25 heavy (non-hydrogen) atoms. The van der Waals surface area contributed by atoms with Crippen LogP contribution < -0.4 is 10.1 Å². The molecule has 0 saturated carbocycles. The Hall–Kier alpha value is -2.76. The molecule has 2 aromatic heterocycles. The van der Waals surface area contributed by atoms with Gasteiger partial charge in [0.05, 0.1) is 25.8 Å². The van der Waals surface area contributed by atoms with Crippen LogP contribution in [0.3, 0.4) is 0 Å². The number of benzene rings is 1. The third kappa shape index (κ3) is 3.68. The molecule has 0 bridgehead atoms. The van der Waals surface area contributed by atoms with E-state index >= 15 is 0 Å². The molecule has 0 spiro atoms. The number of hydrogen-bond donors (Lipinski definition) is 2. The van der Waals surface area contributed by atoms with E-state index in [1.807, 2.05) is 43.8 Å². The summed E-state index contributed by atoms with van der Waals surface area (Å²) in [5, 5.41) is 8.36. The van der Waals surface area contributed by atoms with E-state index in [0.29, 0.717) is 6.42 Å². The van der Waals surface area contributed by atoms with Crippen molar-refractivity contribution in [3.63, 3.8) is 0 Å². The van der Waals surface area contributed by atoms with Crippen LogP contribution >= 0.6 is 0 Å². The zero-order valence-electron chi connectivity index (χ0n) is 15.0. The Labute approximate surface area is 147 Å². The summed E-state index contributed by atoms with van der Waals surface area (Å²) in [5.41, 5.74) is 2.97. The number of fused-ring (bicyclic) bond motifs is 1. The average Bonchev–Trinajstić information content (AvgIpc) is 3.18. The lowest BCUT2D eigenvalue weighted by Gasteiger charge is -2.21. The lowest BCUT2D eigenvalue weighted by molar-refractivity contribution is -0.121. The van der Waals surface area contributed by atoms with Gasteiger partial charge in [-0.05, 0) is 29.7 Å². The number of carbonyl (C=O) groups is 1. The predicted molar refractivity (Wildman–Crippen MR) is 97.5 cm³/mol. The SMILES string of the molecule is COc1ccc2[nH]cc(CC(=O)NC(c3cnn(C)c3)C(C)C)c2c1. The molecule has 0 saturated heterocycles. The minimum atomic E-state index is -0.0547. The van der Waals surface area contributed by atoms with Crippen LogP contribution in [-0.2, 0) is 18.3 Å². The number of nitrogens with one attached hydrogen (secondary N) is 2. The third-order valence-corrected chi connectivity index (χ3v) is 4.39. The molecule has 3 aromatic rings. The minimum Gasteiger partial charge on any atom is -0.497 e. The molecule has 0 aliphatic rings. The highest BCUT2D eigenvalue weighted by molar-refractivity contribution is 5.89. The standard InChI is InChI=1S/C19H24N4O2/c1-12(2)19(14-10-21-23(3)11-14)22-18(24)7-13-9-20-17-6-5-15(25-4)8-16(13)17/h5-6,8-12,19-20H,7H2,1-4H3,(H,22,24). The number of hydrogen-bond acceptors (Lipinski definition) is 3. The Bertz CT molecular complexity index is 879. The van der Waals surface area contributed by atoms with Gasteiger partial charge < -0.3 is 15.0 Å². The first-order chi connectivity index (χ1) is 12.0. The number of amides is 1. The van der Waals surface area contributed by atoms with Gasteiger partial charge in [-0.2, -0.15) is 5.10 Å². The van der Waals surface area contributed by atoms with Crippen LogP contribution in [0.2, 0.25) is 0 Å². The summed E-state index contributed by atoms with van der Waals surface area (Å²) >= 11 is 0. The van der Waals surface area contributed by atoms with Gasteiger partial charge in [0.2, 0.25) is 5.91 Å². The number of methoxy groups -OCH3 is 1. The van der Waals surface area contributed by atoms with Crippen LogP contribution in [0.4, 0.5) is 0 Å². The van der Waals surface area contributed by atoms with Gasteiger partial charge in [0.15, 0.2) is 0 Å². The Kier molecular flexibility index (Phi) is 4.79. The maximum absolute atomic E-state index is 12.6. The summed E-state index contributed by atoms with van der Waals surface area (Å²) in [4.78, 5) is 15.8. The maximum Gasteiger partial charge on any atom is 0.224 e. The second kappa shape index (κ2) is 7.01. The van der Waals surface area contributed by atoms with Gasteiger partial charge in [-0.15, -0.1) is 0 Å². The zero-order valence-corrected chi connectivity index (χ0v) is 15.0. The summed E-state index contributed by atoms with van der Waals surface area (Å²) < 4.78 is 7.04. The van der Waals surface area contributed by atoms with E-state index in [4.69, 9.17) is 4.74 Å². The molecule has 3 rings (SSSR count). The second-order valence-corrected chi connectivity index (χ2v) is 6.64. The molecule has 0 radical (unpaired) electrons. The summed E-state index contributed by atoms with van der Waals surface area (Å²) in [7, 11) is 3.52. The molecule has 1 atom stereocenters. The van der Waals surface area contributed by atoms with Gasteiger partial charge in [-0.1, -0.05) is 13.8 Å². The number of aromatic nitrogens is 3. The Morgan fingerprint density at radius 1 is 1.40 bits per heavy atom. The fraction of sp³-hybridized carbons (Fsp3) is 0.368.